The van der Waals surface area contributed by atoms with Crippen molar-refractivity contribution in [2.24, 2.45) is 0 Å². The van der Waals surface area contributed by atoms with Gasteiger partial charge in [0.1, 0.15) is 11.5 Å². The predicted octanol–water partition coefficient (Wildman–Crippen LogP) is 2.26. The minimum Gasteiger partial charge on any atom is -0.462 e. The van der Waals surface area contributed by atoms with Crippen LogP contribution in [0.3, 0.4) is 0 Å². The van der Waals surface area contributed by atoms with Crippen molar-refractivity contribution in [3.8, 4) is 5.75 Å². The van der Waals surface area contributed by atoms with Crippen molar-refractivity contribution >= 4 is 6.16 Å². The Morgan fingerprint density at radius 3 is 2.25 bits per heavy atom. The number of carbonyl (C=O) groups is 1. The first-order valence-corrected chi connectivity index (χ1v) is 3.49. The molecule has 0 fully saturated rings. The number of ether oxygens (including phenoxy) is 1. The van der Waals surface area contributed by atoms with Gasteiger partial charge in [-0.2, -0.15) is 0 Å². The molecular formula is C8H10O4. The van der Waals surface area contributed by atoms with E-state index in [1.807, 2.05) is 0 Å². The molecule has 0 saturated heterocycles. The van der Waals surface area contributed by atoms with Crippen LogP contribution in [0.4, 0.5) is 4.79 Å². The van der Waals surface area contributed by atoms with E-state index < -0.39 is 6.16 Å². The maximum absolute atomic E-state index is 10.2. The second-order valence-corrected chi connectivity index (χ2v) is 2.54. The Balaban J connectivity index is 3.05. The SMILES string of the molecule is Cc1oc(C)c(OC(=O)O)c1C. The molecule has 4 nitrogen and oxygen atoms in total. The highest BCUT2D eigenvalue weighted by Crippen LogP contribution is 2.28. The number of hydrogen-bond acceptors (Lipinski definition) is 3. The van der Waals surface area contributed by atoms with E-state index in [2.05, 4.69) is 4.74 Å². The Morgan fingerprint density at radius 2 is 1.92 bits per heavy atom. The molecule has 1 heterocycles. The van der Waals surface area contributed by atoms with Gasteiger partial charge in [-0.1, -0.05) is 0 Å². The molecule has 0 aromatic carbocycles. The molecule has 1 rings (SSSR count). The van der Waals surface area contributed by atoms with E-state index in [1.165, 1.54) is 0 Å². The quantitative estimate of drug-likeness (QED) is 0.656. The first-order chi connectivity index (χ1) is 5.52. The summed E-state index contributed by atoms with van der Waals surface area (Å²) in [4.78, 5) is 10.2. The number of rotatable bonds is 1. The fourth-order valence-electron chi connectivity index (χ4n) is 1.01. The summed E-state index contributed by atoms with van der Waals surface area (Å²) in [7, 11) is 0. The van der Waals surface area contributed by atoms with Crippen LogP contribution >= 0.6 is 0 Å². The zero-order chi connectivity index (χ0) is 9.30. The van der Waals surface area contributed by atoms with Gasteiger partial charge >= 0.3 is 6.16 Å². The third-order valence-corrected chi connectivity index (χ3v) is 1.68. The lowest BCUT2D eigenvalue weighted by atomic mass is 10.2. The molecule has 1 N–H and O–H groups in total. The van der Waals surface area contributed by atoms with Crippen molar-refractivity contribution in [1.29, 1.82) is 0 Å². The summed E-state index contributed by atoms with van der Waals surface area (Å²) in [6.45, 7) is 5.18. The van der Waals surface area contributed by atoms with Crippen molar-refractivity contribution in [2.75, 3.05) is 0 Å². The van der Waals surface area contributed by atoms with Crippen LogP contribution in [0.5, 0.6) is 5.75 Å². The highest BCUT2D eigenvalue weighted by Gasteiger charge is 2.14. The highest BCUT2D eigenvalue weighted by molar-refractivity contribution is 5.62. The maximum Gasteiger partial charge on any atom is 0.511 e. The molecule has 0 radical (unpaired) electrons. The molecule has 0 unspecified atom stereocenters. The largest absolute Gasteiger partial charge is 0.511 e. The summed E-state index contributed by atoms with van der Waals surface area (Å²) in [6, 6.07) is 0. The fraction of sp³-hybridized carbons (Fsp3) is 0.375. The number of aryl methyl sites for hydroxylation is 2. The second kappa shape index (κ2) is 2.89. The van der Waals surface area contributed by atoms with E-state index in [1.54, 1.807) is 20.8 Å². The Bertz CT molecular complexity index is 311. The monoisotopic (exact) mass is 170 g/mol. The van der Waals surface area contributed by atoms with Crippen LogP contribution in [0.15, 0.2) is 4.42 Å². The lowest BCUT2D eigenvalue weighted by Crippen LogP contribution is -2.03. The number of hydrogen-bond donors (Lipinski definition) is 1. The van der Waals surface area contributed by atoms with E-state index in [4.69, 9.17) is 9.52 Å². The van der Waals surface area contributed by atoms with E-state index >= 15 is 0 Å². The molecule has 0 aliphatic heterocycles. The van der Waals surface area contributed by atoms with E-state index in [0.717, 1.165) is 5.56 Å². The van der Waals surface area contributed by atoms with Gasteiger partial charge in [-0.05, 0) is 20.8 Å². The van der Waals surface area contributed by atoms with Gasteiger partial charge in [0.15, 0.2) is 5.75 Å². The van der Waals surface area contributed by atoms with E-state index in [9.17, 15) is 4.79 Å². The summed E-state index contributed by atoms with van der Waals surface area (Å²) in [5.41, 5.74) is 0.731. The first kappa shape index (κ1) is 8.64. The molecule has 4 heteroatoms. The van der Waals surface area contributed by atoms with Crippen molar-refractivity contribution < 1.29 is 19.1 Å². The summed E-state index contributed by atoms with van der Waals surface area (Å²) in [5.74, 6) is 1.48. The third-order valence-electron chi connectivity index (χ3n) is 1.68. The molecule has 0 aliphatic carbocycles. The van der Waals surface area contributed by atoms with Crippen LogP contribution in [0, 0.1) is 20.8 Å². The molecule has 1 aromatic rings. The van der Waals surface area contributed by atoms with Gasteiger partial charge in [-0.25, -0.2) is 4.79 Å². The average Bonchev–Trinajstić information content (AvgIpc) is 2.16. The van der Waals surface area contributed by atoms with Crippen LogP contribution in [-0.4, -0.2) is 11.3 Å². The molecule has 0 spiro atoms. The lowest BCUT2D eigenvalue weighted by Gasteiger charge is -1.97. The minimum atomic E-state index is -1.32. The predicted molar refractivity (Wildman–Crippen MR) is 41.6 cm³/mol. The minimum absolute atomic E-state index is 0.306. The summed E-state index contributed by atoms with van der Waals surface area (Å²) >= 11 is 0. The van der Waals surface area contributed by atoms with Gasteiger partial charge in [0.05, 0.1) is 0 Å². The van der Waals surface area contributed by atoms with Gasteiger partial charge in [-0.15, -0.1) is 0 Å². The molecule has 0 bridgehead atoms. The average molecular weight is 170 g/mol. The smallest absolute Gasteiger partial charge is 0.462 e. The Morgan fingerprint density at radius 1 is 1.33 bits per heavy atom. The van der Waals surface area contributed by atoms with Crippen molar-refractivity contribution in [2.45, 2.75) is 20.8 Å². The summed E-state index contributed by atoms with van der Waals surface area (Å²) < 4.78 is 9.68. The lowest BCUT2D eigenvalue weighted by molar-refractivity contribution is 0.143. The standard InChI is InChI=1S/C8H10O4/c1-4-5(2)11-6(3)7(4)12-8(9)10/h1-3H3,(H,9,10). The number of carboxylic acid groups (broad SMARTS) is 1. The van der Waals surface area contributed by atoms with Crippen LogP contribution in [-0.2, 0) is 0 Å². The van der Waals surface area contributed by atoms with Crippen LogP contribution in [0.1, 0.15) is 17.1 Å². The van der Waals surface area contributed by atoms with Gasteiger partial charge in [0.25, 0.3) is 0 Å². The Labute approximate surface area is 69.8 Å². The van der Waals surface area contributed by atoms with E-state index in [-0.39, 0.29) is 0 Å². The zero-order valence-electron chi connectivity index (χ0n) is 7.17. The third kappa shape index (κ3) is 1.42. The molecule has 1 aromatic heterocycles. The maximum atomic E-state index is 10.2. The molecule has 0 aliphatic rings. The van der Waals surface area contributed by atoms with Gasteiger partial charge in [-0.3, -0.25) is 0 Å². The summed E-state index contributed by atoms with van der Waals surface area (Å²) in [6.07, 6.45) is -1.32. The molecule has 0 saturated carbocycles. The summed E-state index contributed by atoms with van der Waals surface area (Å²) in [5, 5.41) is 8.36. The topological polar surface area (TPSA) is 59.7 Å². The van der Waals surface area contributed by atoms with Crippen LogP contribution in [0.25, 0.3) is 0 Å². The van der Waals surface area contributed by atoms with Gasteiger partial charge < -0.3 is 14.3 Å². The normalized spacial score (nSPS) is 9.92. The molecule has 66 valence electrons. The van der Waals surface area contributed by atoms with Crippen LogP contribution < -0.4 is 4.74 Å². The molecular weight excluding hydrogens is 160 g/mol. The van der Waals surface area contributed by atoms with Gasteiger partial charge in [0.2, 0.25) is 0 Å². The van der Waals surface area contributed by atoms with Crippen molar-refractivity contribution in [1.82, 2.24) is 0 Å². The van der Waals surface area contributed by atoms with Gasteiger partial charge in [0, 0.05) is 5.56 Å². The van der Waals surface area contributed by atoms with Crippen molar-refractivity contribution in [3.63, 3.8) is 0 Å². The molecule has 0 amide bonds. The zero-order valence-corrected chi connectivity index (χ0v) is 7.17. The van der Waals surface area contributed by atoms with Crippen molar-refractivity contribution in [3.05, 3.63) is 17.1 Å². The van der Waals surface area contributed by atoms with Crippen LogP contribution in [0.2, 0.25) is 0 Å². The fourth-order valence-corrected chi connectivity index (χ4v) is 1.01. The Hall–Kier alpha value is -1.45. The Kier molecular flexibility index (Phi) is 2.08. The first-order valence-electron chi connectivity index (χ1n) is 3.49. The number of furan rings is 1. The highest BCUT2D eigenvalue weighted by atomic mass is 16.7. The molecule has 12 heavy (non-hydrogen) atoms. The molecule has 0 atom stereocenters. The second-order valence-electron chi connectivity index (χ2n) is 2.54. The van der Waals surface area contributed by atoms with E-state index in [0.29, 0.717) is 17.3 Å².